The lowest BCUT2D eigenvalue weighted by molar-refractivity contribution is 0.0653. The Hall–Kier alpha value is -3.29. The van der Waals surface area contributed by atoms with Crippen LogP contribution in [-0.2, 0) is 0 Å². The van der Waals surface area contributed by atoms with Crippen LogP contribution in [0.5, 0.6) is 0 Å². The average molecular weight is 359 g/mol. The van der Waals surface area contributed by atoms with E-state index in [4.69, 9.17) is 0 Å². The van der Waals surface area contributed by atoms with Crippen LogP contribution in [0.2, 0.25) is 0 Å². The number of amides is 4. The molecular formula is C18H15F2N3O3. The molecule has 0 saturated carbocycles. The molecule has 1 aliphatic heterocycles. The molecule has 1 aliphatic rings. The molecule has 2 aromatic rings. The van der Waals surface area contributed by atoms with Gasteiger partial charge >= 0.3 is 6.03 Å². The highest BCUT2D eigenvalue weighted by molar-refractivity contribution is 6.21. The van der Waals surface area contributed by atoms with Gasteiger partial charge in [-0.1, -0.05) is 18.2 Å². The molecule has 8 heteroatoms. The minimum atomic E-state index is -0.883. The zero-order chi connectivity index (χ0) is 18.7. The van der Waals surface area contributed by atoms with Crippen molar-refractivity contribution in [1.82, 2.24) is 10.2 Å². The molecule has 0 spiro atoms. The lowest BCUT2D eigenvalue weighted by Gasteiger charge is -2.14. The summed E-state index contributed by atoms with van der Waals surface area (Å²) in [5.41, 5.74) is 0.182. The van der Waals surface area contributed by atoms with Crippen molar-refractivity contribution in [3.63, 3.8) is 0 Å². The molecule has 0 aromatic heterocycles. The number of carbonyl (C=O) groups is 3. The van der Waals surface area contributed by atoms with E-state index in [1.165, 1.54) is 6.07 Å². The number of imide groups is 1. The second kappa shape index (κ2) is 7.30. The first-order chi connectivity index (χ1) is 12.5. The number of nitrogens with zero attached hydrogens (tertiary/aromatic N) is 1. The minimum Gasteiger partial charge on any atom is -0.338 e. The molecule has 0 bridgehead atoms. The van der Waals surface area contributed by atoms with Crippen LogP contribution in [0.1, 0.15) is 27.1 Å². The Morgan fingerprint density at radius 2 is 1.50 bits per heavy atom. The maximum absolute atomic E-state index is 13.5. The highest BCUT2D eigenvalue weighted by atomic mass is 19.1. The number of halogens is 2. The van der Waals surface area contributed by atoms with Gasteiger partial charge in [0, 0.05) is 13.1 Å². The van der Waals surface area contributed by atoms with Gasteiger partial charge in [0.25, 0.3) is 11.8 Å². The molecular weight excluding hydrogens is 344 g/mol. The number of carbonyl (C=O) groups excluding carboxylic acids is 3. The first-order valence-corrected chi connectivity index (χ1v) is 7.93. The molecule has 6 nitrogen and oxygen atoms in total. The van der Waals surface area contributed by atoms with Gasteiger partial charge in [0.2, 0.25) is 0 Å². The summed E-state index contributed by atoms with van der Waals surface area (Å²) in [6.07, 6.45) is 0.304. The Labute approximate surface area is 147 Å². The predicted octanol–water partition coefficient (Wildman–Crippen LogP) is 2.77. The highest BCUT2D eigenvalue weighted by Crippen LogP contribution is 2.22. The smallest absolute Gasteiger partial charge is 0.319 e. The third-order valence-electron chi connectivity index (χ3n) is 3.92. The van der Waals surface area contributed by atoms with Crippen LogP contribution in [0.25, 0.3) is 0 Å². The lowest BCUT2D eigenvalue weighted by atomic mass is 10.1. The molecule has 4 amide bonds. The summed E-state index contributed by atoms with van der Waals surface area (Å²) in [7, 11) is 0. The third kappa shape index (κ3) is 3.39. The van der Waals surface area contributed by atoms with Crippen LogP contribution in [0, 0.1) is 11.6 Å². The quantitative estimate of drug-likeness (QED) is 0.636. The van der Waals surface area contributed by atoms with E-state index in [-0.39, 0.29) is 24.9 Å². The molecule has 0 saturated heterocycles. The minimum absolute atomic E-state index is 0.120. The Bertz CT molecular complexity index is 830. The molecule has 3 rings (SSSR count). The highest BCUT2D eigenvalue weighted by Gasteiger charge is 2.34. The predicted molar refractivity (Wildman–Crippen MR) is 89.8 cm³/mol. The summed E-state index contributed by atoms with van der Waals surface area (Å²) in [6, 6.07) is 9.01. The van der Waals surface area contributed by atoms with Gasteiger partial charge in [0.05, 0.1) is 11.1 Å². The van der Waals surface area contributed by atoms with E-state index in [0.29, 0.717) is 17.5 Å². The van der Waals surface area contributed by atoms with Crippen LogP contribution in [-0.4, -0.2) is 35.8 Å². The molecule has 0 atom stereocenters. The van der Waals surface area contributed by atoms with Crippen molar-refractivity contribution in [3.8, 4) is 0 Å². The van der Waals surface area contributed by atoms with Crippen LogP contribution in [0.3, 0.4) is 0 Å². The number of hydrogen-bond donors (Lipinski definition) is 2. The van der Waals surface area contributed by atoms with Crippen molar-refractivity contribution in [3.05, 3.63) is 65.2 Å². The van der Waals surface area contributed by atoms with Crippen molar-refractivity contribution < 1.29 is 23.2 Å². The van der Waals surface area contributed by atoms with Gasteiger partial charge in [-0.2, -0.15) is 0 Å². The zero-order valence-electron chi connectivity index (χ0n) is 13.6. The monoisotopic (exact) mass is 359 g/mol. The number of urea groups is 1. The van der Waals surface area contributed by atoms with E-state index in [1.807, 2.05) is 0 Å². The number of nitrogens with one attached hydrogen (secondary N) is 2. The molecule has 134 valence electrons. The first-order valence-electron chi connectivity index (χ1n) is 7.93. The van der Waals surface area contributed by atoms with Crippen LogP contribution in [0.4, 0.5) is 19.3 Å². The van der Waals surface area contributed by atoms with Crippen molar-refractivity contribution in [1.29, 1.82) is 0 Å². The van der Waals surface area contributed by atoms with Crippen molar-refractivity contribution >= 4 is 23.5 Å². The summed E-state index contributed by atoms with van der Waals surface area (Å²) in [4.78, 5) is 37.2. The third-order valence-corrected chi connectivity index (χ3v) is 3.92. The molecule has 26 heavy (non-hydrogen) atoms. The number of para-hydroxylation sites is 1. The van der Waals surface area contributed by atoms with Crippen molar-refractivity contribution in [2.24, 2.45) is 0 Å². The van der Waals surface area contributed by atoms with E-state index in [0.717, 1.165) is 17.0 Å². The molecule has 2 aromatic carbocycles. The zero-order valence-corrected chi connectivity index (χ0v) is 13.6. The van der Waals surface area contributed by atoms with Gasteiger partial charge in [-0.05, 0) is 30.7 Å². The van der Waals surface area contributed by atoms with Gasteiger partial charge in [0.1, 0.15) is 17.3 Å². The van der Waals surface area contributed by atoms with Gasteiger partial charge < -0.3 is 10.6 Å². The normalized spacial score (nSPS) is 12.9. The Morgan fingerprint density at radius 1 is 0.923 bits per heavy atom. The number of hydrogen-bond acceptors (Lipinski definition) is 3. The van der Waals surface area contributed by atoms with Crippen LogP contribution in [0.15, 0.2) is 42.5 Å². The van der Waals surface area contributed by atoms with Crippen molar-refractivity contribution in [2.75, 3.05) is 18.4 Å². The van der Waals surface area contributed by atoms with E-state index >= 15 is 0 Å². The fraction of sp³-hybridized carbons (Fsp3) is 0.167. The summed E-state index contributed by atoms with van der Waals surface area (Å²) in [6.45, 7) is 0.246. The van der Waals surface area contributed by atoms with E-state index in [1.54, 1.807) is 24.3 Å². The fourth-order valence-corrected chi connectivity index (χ4v) is 2.66. The van der Waals surface area contributed by atoms with E-state index in [2.05, 4.69) is 10.6 Å². The summed E-state index contributed by atoms with van der Waals surface area (Å²) in [5.74, 6) is -2.51. The SMILES string of the molecule is O=C(NCCCN1C(=O)c2ccccc2C1=O)Nc1c(F)cccc1F. The second-order valence-corrected chi connectivity index (χ2v) is 5.64. The van der Waals surface area contributed by atoms with Gasteiger partial charge in [0.15, 0.2) is 0 Å². The summed E-state index contributed by atoms with van der Waals surface area (Å²) >= 11 is 0. The maximum Gasteiger partial charge on any atom is 0.319 e. The fourth-order valence-electron chi connectivity index (χ4n) is 2.66. The van der Waals surface area contributed by atoms with Crippen LogP contribution >= 0.6 is 0 Å². The van der Waals surface area contributed by atoms with Crippen LogP contribution < -0.4 is 10.6 Å². The van der Waals surface area contributed by atoms with Gasteiger partial charge in [-0.3, -0.25) is 14.5 Å². The van der Waals surface area contributed by atoms with Gasteiger partial charge in [-0.15, -0.1) is 0 Å². The Balaban J connectivity index is 1.48. The first kappa shape index (κ1) is 17.5. The second-order valence-electron chi connectivity index (χ2n) is 5.64. The topological polar surface area (TPSA) is 78.5 Å². The summed E-state index contributed by atoms with van der Waals surface area (Å²) < 4.78 is 26.9. The largest absolute Gasteiger partial charge is 0.338 e. The average Bonchev–Trinajstić information content (AvgIpc) is 2.87. The molecule has 2 N–H and O–H groups in total. The lowest BCUT2D eigenvalue weighted by Crippen LogP contribution is -2.35. The molecule has 0 aliphatic carbocycles. The standard InChI is InChI=1S/C18H15F2N3O3/c19-13-7-3-8-14(20)15(13)22-18(26)21-9-4-10-23-16(24)11-5-1-2-6-12(11)17(23)25/h1-3,5-8H,4,9-10H2,(H2,21,22,26). The molecule has 0 unspecified atom stereocenters. The van der Waals surface area contributed by atoms with Gasteiger partial charge in [-0.25, -0.2) is 13.6 Å². The Kier molecular flexibility index (Phi) is 4.92. The molecule has 1 heterocycles. The van der Waals surface area contributed by atoms with E-state index < -0.39 is 23.4 Å². The number of fused-ring (bicyclic) bond motifs is 1. The van der Waals surface area contributed by atoms with E-state index in [9.17, 15) is 23.2 Å². The summed E-state index contributed by atoms with van der Waals surface area (Å²) in [5, 5.41) is 4.52. The molecule has 0 radical (unpaired) electrons. The van der Waals surface area contributed by atoms with Crippen molar-refractivity contribution in [2.45, 2.75) is 6.42 Å². The molecule has 0 fully saturated rings. The number of benzene rings is 2. The number of anilines is 1. The Morgan fingerprint density at radius 3 is 2.08 bits per heavy atom. The number of rotatable bonds is 5. The maximum atomic E-state index is 13.5.